The van der Waals surface area contributed by atoms with Crippen molar-refractivity contribution in [3.05, 3.63) is 0 Å². The molecule has 0 fully saturated rings. The standard InChI is InChI=1S/C13H24N2O4/c1-5-7-10(16)15-11(8(3)4)12(17)14-9(6-2)13(18)19/h8-9,11H,5-7H2,1-4H3,(H,14,17)(H,15,16)(H,18,19)/t9?,11-/m0/s1. The van der Waals surface area contributed by atoms with E-state index in [2.05, 4.69) is 10.6 Å². The van der Waals surface area contributed by atoms with Crippen LogP contribution in [0, 0.1) is 5.92 Å². The Balaban J connectivity index is 4.66. The van der Waals surface area contributed by atoms with Crippen LogP contribution in [0.25, 0.3) is 0 Å². The first-order valence-corrected chi connectivity index (χ1v) is 6.65. The lowest BCUT2D eigenvalue weighted by Crippen LogP contribution is -2.53. The fourth-order valence-electron chi connectivity index (χ4n) is 1.61. The van der Waals surface area contributed by atoms with Crippen LogP contribution in [-0.2, 0) is 14.4 Å². The van der Waals surface area contributed by atoms with Gasteiger partial charge in [-0.1, -0.05) is 27.7 Å². The average molecular weight is 272 g/mol. The molecule has 2 atom stereocenters. The molecule has 0 aliphatic rings. The quantitative estimate of drug-likeness (QED) is 0.612. The molecule has 0 saturated heterocycles. The van der Waals surface area contributed by atoms with Crippen LogP contribution in [0.3, 0.4) is 0 Å². The third-order valence-corrected chi connectivity index (χ3v) is 2.77. The van der Waals surface area contributed by atoms with E-state index in [0.29, 0.717) is 19.3 Å². The highest BCUT2D eigenvalue weighted by molar-refractivity contribution is 5.90. The maximum Gasteiger partial charge on any atom is 0.326 e. The van der Waals surface area contributed by atoms with Crippen molar-refractivity contribution in [3.8, 4) is 0 Å². The lowest BCUT2D eigenvalue weighted by atomic mass is 10.0. The lowest BCUT2D eigenvalue weighted by molar-refractivity contribution is -0.142. The third kappa shape index (κ3) is 6.22. The van der Waals surface area contributed by atoms with Crippen LogP contribution in [0.15, 0.2) is 0 Å². The van der Waals surface area contributed by atoms with Crippen LogP contribution < -0.4 is 10.6 Å². The Morgan fingerprint density at radius 1 is 1.11 bits per heavy atom. The molecule has 0 aliphatic carbocycles. The summed E-state index contributed by atoms with van der Waals surface area (Å²) in [5, 5.41) is 14.0. The molecular weight excluding hydrogens is 248 g/mol. The minimum absolute atomic E-state index is 0.105. The number of amides is 2. The summed E-state index contributed by atoms with van der Waals surface area (Å²) in [4.78, 5) is 34.4. The molecule has 19 heavy (non-hydrogen) atoms. The van der Waals surface area contributed by atoms with Crippen molar-refractivity contribution in [3.63, 3.8) is 0 Å². The van der Waals surface area contributed by atoms with Gasteiger partial charge in [0.1, 0.15) is 12.1 Å². The first kappa shape index (κ1) is 17.4. The first-order valence-electron chi connectivity index (χ1n) is 6.65. The highest BCUT2D eigenvalue weighted by Gasteiger charge is 2.27. The number of carboxylic acids is 1. The van der Waals surface area contributed by atoms with Crippen molar-refractivity contribution in [1.82, 2.24) is 10.6 Å². The van der Waals surface area contributed by atoms with Crippen LogP contribution in [0.1, 0.15) is 47.0 Å². The van der Waals surface area contributed by atoms with Crippen LogP contribution in [0.5, 0.6) is 0 Å². The Labute approximate surface area is 113 Å². The summed E-state index contributed by atoms with van der Waals surface area (Å²) in [6.45, 7) is 7.16. The van der Waals surface area contributed by atoms with Gasteiger partial charge in [-0.05, 0) is 18.8 Å². The Hall–Kier alpha value is -1.59. The van der Waals surface area contributed by atoms with Gasteiger partial charge in [0.15, 0.2) is 0 Å². The van der Waals surface area contributed by atoms with Crippen molar-refractivity contribution >= 4 is 17.8 Å². The number of rotatable bonds is 8. The van der Waals surface area contributed by atoms with Gasteiger partial charge in [0.2, 0.25) is 11.8 Å². The molecule has 0 bridgehead atoms. The molecular formula is C13H24N2O4. The molecule has 0 aromatic rings. The summed E-state index contributed by atoms with van der Waals surface area (Å²) in [6.07, 6.45) is 1.35. The average Bonchev–Trinajstić information content (AvgIpc) is 2.32. The van der Waals surface area contributed by atoms with Crippen molar-refractivity contribution in [2.24, 2.45) is 5.92 Å². The van der Waals surface area contributed by atoms with Crippen LogP contribution in [0.4, 0.5) is 0 Å². The van der Waals surface area contributed by atoms with Gasteiger partial charge in [-0.25, -0.2) is 4.79 Å². The van der Waals surface area contributed by atoms with Gasteiger partial charge in [-0.3, -0.25) is 9.59 Å². The predicted octanol–water partition coefficient (Wildman–Crippen LogP) is 0.907. The normalized spacial score (nSPS) is 13.7. The van der Waals surface area contributed by atoms with E-state index in [0.717, 1.165) is 0 Å². The molecule has 0 radical (unpaired) electrons. The number of nitrogens with one attached hydrogen (secondary N) is 2. The predicted molar refractivity (Wildman–Crippen MR) is 71.5 cm³/mol. The number of carbonyl (C=O) groups is 3. The largest absolute Gasteiger partial charge is 0.480 e. The summed E-state index contributed by atoms with van der Waals surface area (Å²) in [7, 11) is 0. The summed E-state index contributed by atoms with van der Waals surface area (Å²) in [5.74, 6) is -1.82. The van der Waals surface area contributed by atoms with Crippen molar-refractivity contribution in [2.45, 2.75) is 59.0 Å². The summed E-state index contributed by atoms with van der Waals surface area (Å²) in [6, 6.07) is -1.62. The second-order valence-electron chi connectivity index (χ2n) is 4.85. The summed E-state index contributed by atoms with van der Waals surface area (Å²) in [5.41, 5.74) is 0. The Bertz CT molecular complexity index is 329. The van der Waals surface area contributed by atoms with Gasteiger partial charge in [0.05, 0.1) is 0 Å². The topological polar surface area (TPSA) is 95.5 Å². The molecule has 6 heteroatoms. The maximum atomic E-state index is 12.0. The minimum atomic E-state index is -1.07. The number of aliphatic carboxylic acids is 1. The SMILES string of the molecule is CCCC(=O)N[C@H](C(=O)NC(CC)C(=O)O)C(C)C. The molecule has 0 spiro atoms. The Morgan fingerprint density at radius 3 is 2.05 bits per heavy atom. The fraction of sp³-hybridized carbons (Fsp3) is 0.769. The van der Waals surface area contributed by atoms with E-state index in [1.54, 1.807) is 20.8 Å². The van der Waals surface area contributed by atoms with Crippen molar-refractivity contribution < 1.29 is 19.5 Å². The number of hydrogen-bond acceptors (Lipinski definition) is 3. The zero-order valence-electron chi connectivity index (χ0n) is 12.0. The Morgan fingerprint density at radius 2 is 1.68 bits per heavy atom. The van der Waals surface area contributed by atoms with Gasteiger partial charge in [-0.2, -0.15) is 0 Å². The molecule has 0 rings (SSSR count). The van der Waals surface area contributed by atoms with Gasteiger partial charge in [0, 0.05) is 6.42 Å². The van der Waals surface area contributed by atoms with E-state index in [1.807, 2.05) is 6.92 Å². The summed E-state index contributed by atoms with van der Waals surface area (Å²) >= 11 is 0. The smallest absolute Gasteiger partial charge is 0.326 e. The zero-order chi connectivity index (χ0) is 15.0. The number of carboxylic acid groups (broad SMARTS) is 1. The molecule has 6 nitrogen and oxygen atoms in total. The zero-order valence-corrected chi connectivity index (χ0v) is 12.0. The Kier molecular flexibility index (Phi) is 7.79. The van der Waals surface area contributed by atoms with Crippen molar-refractivity contribution in [2.75, 3.05) is 0 Å². The second-order valence-corrected chi connectivity index (χ2v) is 4.85. The highest BCUT2D eigenvalue weighted by atomic mass is 16.4. The number of hydrogen-bond donors (Lipinski definition) is 3. The maximum absolute atomic E-state index is 12.0. The van der Waals surface area contributed by atoms with Crippen LogP contribution in [-0.4, -0.2) is 35.0 Å². The van der Waals surface area contributed by atoms with E-state index in [1.165, 1.54) is 0 Å². The van der Waals surface area contributed by atoms with Crippen LogP contribution in [0.2, 0.25) is 0 Å². The van der Waals surface area contributed by atoms with E-state index >= 15 is 0 Å². The number of carbonyl (C=O) groups excluding carboxylic acids is 2. The summed E-state index contributed by atoms with van der Waals surface area (Å²) < 4.78 is 0. The van der Waals surface area contributed by atoms with Crippen LogP contribution >= 0.6 is 0 Å². The van der Waals surface area contributed by atoms with E-state index in [4.69, 9.17) is 5.11 Å². The van der Waals surface area contributed by atoms with Gasteiger partial charge < -0.3 is 15.7 Å². The molecule has 3 N–H and O–H groups in total. The molecule has 2 amide bonds. The highest BCUT2D eigenvalue weighted by Crippen LogP contribution is 2.04. The van der Waals surface area contributed by atoms with Gasteiger partial charge in [0.25, 0.3) is 0 Å². The fourth-order valence-corrected chi connectivity index (χ4v) is 1.61. The lowest BCUT2D eigenvalue weighted by Gasteiger charge is -2.23. The molecule has 0 saturated carbocycles. The molecule has 0 aliphatic heterocycles. The molecule has 1 unspecified atom stereocenters. The second kappa shape index (κ2) is 8.50. The third-order valence-electron chi connectivity index (χ3n) is 2.77. The molecule has 0 aromatic heterocycles. The minimum Gasteiger partial charge on any atom is -0.480 e. The molecule has 110 valence electrons. The van der Waals surface area contributed by atoms with E-state index < -0.39 is 24.0 Å². The molecule has 0 aromatic carbocycles. The van der Waals surface area contributed by atoms with Crippen molar-refractivity contribution in [1.29, 1.82) is 0 Å². The first-order chi connectivity index (χ1) is 8.83. The monoisotopic (exact) mass is 272 g/mol. The van der Waals surface area contributed by atoms with E-state index in [9.17, 15) is 14.4 Å². The van der Waals surface area contributed by atoms with E-state index in [-0.39, 0.29) is 11.8 Å². The molecule has 0 heterocycles. The van der Waals surface area contributed by atoms with Gasteiger partial charge >= 0.3 is 5.97 Å². The van der Waals surface area contributed by atoms with Gasteiger partial charge in [-0.15, -0.1) is 0 Å².